The van der Waals surface area contributed by atoms with E-state index in [0.29, 0.717) is 5.92 Å². The van der Waals surface area contributed by atoms with E-state index >= 15 is 0 Å². The highest BCUT2D eigenvalue weighted by Crippen LogP contribution is 2.48. The maximum atomic E-state index is 12.2. The molecule has 4 unspecified atom stereocenters. The number of hydrogen-bond acceptors (Lipinski definition) is 2. The molecular weight excluding hydrogens is 268 g/mol. The molecule has 118 valence electrons. The average molecular weight is 294 g/mol. The van der Waals surface area contributed by atoms with Crippen molar-refractivity contribution in [2.24, 2.45) is 23.7 Å². The fourth-order valence-corrected chi connectivity index (χ4v) is 4.64. The molecule has 4 atom stereocenters. The van der Waals surface area contributed by atoms with Crippen molar-refractivity contribution in [3.8, 4) is 0 Å². The Kier molecular flexibility index (Phi) is 4.09. The van der Waals surface area contributed by atoms with Crippen LogP contribution in [0.15, 0.2) is 0 Å². The smallest absolute Gasteiger partial charge is 0.315 e. The molecule has 3 saturated carbocycles. The maximum absolute atomic E-state index is 12.2. The van der Waals surface area contributed by atoms with E-state index in [1.165, 1.54) is 0 Å². The largest absolute Gasteiger partial charge is 0.481 e. The monoisotopic (exact) mass is 294 g/mol. The summed E-state index contributed by atoms with van der Waals surface area (Å²) in [7, 11) is 0. The van der Waals surface area contributed by atoms with Crippen LogP contribution in [-0.2, 0) is 4.79 Å². The van der Waals surface area contributed by atoms with Gasteiger partial charge < -0.3 is 15.7 Å². The van der Waals surface area contributed by atoms with Gasteiger partial charge in [0.15, 0.2) is 0 Å². The Labute approximate surface area is 125 Å². The molecule has 2 amide bonds. The van der Waals surface area contributed by atoms with Gasteiger partial charge in [-0.3, -0.25) is 4.79 Å². The van der Waals surface area contributed by atoms with Crippen LogP contribution in [0.3, 0.4) is 0 Å². The van der Waals surface area contributed by atoms with Crippen LogP contribution in [-0.4, -0.2) is 29.2 Å². The van der Waals surface area contributed by atoms with Gasteiger partial charge >= 0.3 is 12.0 Å². The third kappa shape index (κ3) is 3.01. The van der Waals surface area contributed by atoms with Crippen LogP contribution in [0, 0.1) is 23.7 Å². The molecule has 3 N–H and O–H groups in total. The van der Waals surface area contributed by atoms with Crippen LogP contribution in [0.5, 0.6) is 0 Å². The topological polar surface area (TPSA) is 78.4 Å². The lowest BCUT2D eigenvalue weighted by atomic mass is 9.84. The minimum absolute atomic E-state index is 0.168. The molecule has 0 spiro atoms. The molecular formula is C16H26N2O3. The Morgan fingerprint density at radius 2 is 1.62 bits per heavy atom. The van der Waals surface area contributed by atoms with E-state index in [2.05, 4.69) is 17.6 Å². The van der Waals surface area contributed by atoms with E-state index in [1.54, 1.807) is 0 Å². The zero-order valence-corrected chi connectivity index (χ0v) is 12.7. The summed E-state index contributed by atoms with van der Waals surface area (Å²) in [4.78, 5) is 23.6. The SMILES string of the molecule is CC1CCC(NC(=O)NC2C3CCC(C3)C2C(=O)O)CC1. The van der Waals surface area contributed by atoms with Gasteiger partial charge in [0.25, 0.3) is 0 Å². The van der Waals surface area contributed by atoms with E-state index < -0.39 is 5.97 Å². The van der Waals surface area contributed by atoms with Crippen molar-refractivity contribution in [1.29, 1.82) is 0 Å². The third-order valence-corrected chi connectivity index (χ3v) is 5.85. The summed E-state index contributed by atoms with van der Waals surface area (Å²) in [6.45, 7) is 2.25. The molecule has 0 saturated heterocycles. The number of rotatable bonds is 3. The molecule has 3 fully saturated rings. The highest BCUT2D eigenvalue weighted by molar-refractivity contribution is 5.77. The van der Waals surface area contributed by atoms with Gasteiger partial charge in [-0.25, -0.2) is 4.79 Å². The fraction of sp³-hybridized carbons (Fsp3) is 0.875. The number of carbonyl (C=O) groups is 2. The first-order valence-electron chi connectivity index (χ1n) is 8.34. The molecule has 21 heavy (non-hydrogen) atoms. The lowest BCUT2D eigenvalue weighted by molar-refractivity contribution is -0.144. The second-order valence-electron chi connectivity index (χ2n) is 7.30. The van der Waals surface area contributed by atoms with E-state index in [1.807, 2.05) is 0 Å². The van der Waals surface area contributed by atoms with Gasteiger partial charge in [0.1, 0.15) is 0 Å². The molecule has 0 aromatic carbocycles. The van der Waals surface area contributed by atoms with Crippen molar-refractivity contribution in [2.45, 2.75) is 64.0 Å². The molecule has 0 aromatic rings. The van der Waals surface area contributed by atoms with Gasteiger partial charge in [0.2, 0.25) is 0 Å². The quantitative estimate of drug-likeness (QED) is 0.747. The summed E-state index contributed by atoms with van der Waals surface area (Å²) in [5.41, 5.74) is 0. The molecule has 5 heteroatoms. The Balaban J connectivity index is 1.53. The van der Waals surface area contributed by atoms with E-state index in [-0.39, 0.29) is 30.0 Å². The molecule has 3 rings (SSSR count). The highest BCUT2D eigenvalue weighted by atomic mass is 16.4. The molecule has 0 aromatic heterocycles. The minimum atomic E-state index is -0.751. The summed E-state index contributed by atoms with van der Waals surface area (Å²) < 4.78 is 0. The lowest BCUT2D eigenvalue weighted by Crippen LogP contribution is -2.52. The van der Waals surface area contributed by atoms with Crippen molar-refractivity contribution in [1.82, 2.24) is 10.6 Å². The van der Waals surface area contributed by atoms with Crippen LogP contribution in [0.25, 0.3) is 0 Å². The number of carboxylic acid groups (broad SMARTS) is 1. The van der Waals surface area contributed by atoms with Crippen molar-refractivity contribution in [3.63, 3.8) is 0 Å². The molecule has 0 aliphatic heterocycles. The number of carboxylic acids is 1. The molecule has 0 heterocycles. The fourth-order valence-electron chi connectivity index (χ4n) is 4.64. The van der Waals surface area contributed by atoms with Crippen LogP contribution in [0.2, 0.25) is 0 Å². The molecule has 0 radical (unpaired) electrons. The predicted octanol–water partition coefficient (Wildman–Crippen LogP) is 2.36. The second-order valence-corrected chi connectivity index (χ2v) is 7.30. The lowest BCUT2D eigenvalue weighted by Gasteiger charge is -2.31. The zero-order valence-electron chi connectivity index (χ0n) is 12.7. The normalized spacial score (nSPS) is 41.8. The first kappa shape index (κ1) is 14.7. The minimum Gasteiger partial charge on any atom is -0.481 e. The van der Waals surface area contributed by atoms with Gasteiger partial charge in [-0.2, -0.15) is 0 Å². The van der Waals surface area contributed by atoms with Crippen LogP contribution < -0.4 is 10.6 Å². The van der Waals surface area contributed by atoms with Gasteiger partial charge in [-0.15, -0.1) is 0 Å². The maximum Gasteiger partial charge on any atom is 0.315 e. The molecule has 3 aliphatic rings. The van der Waals surface area contributed by atoms with E-state index in [0.717, 1.165) is 50.9 Å². The highest BCUT2D eigenvalue weighted by Gasteiger charge is 2.51. The van der Waals surface area contributed by atoms with Gasteiger partial charge in [0.05, 0.1) is 5.92 Å². The number of amides is 2. The Bertz CT molecular complexity index is 418. The molecule has 5 nitrogen and oxygen atoms in total. The Morgan fingerprint density at radius 3 is 2.29 bits per heavy atom. The number of fused-ring (bicyclic) bond motifs is 2. The van der Waals surface area contributed by atoms with Gasteiger partial charge in [-0.05, 0) is 62.7 Å². The van der Waals surface area contributed by atoms with Gasteiger partial charge in [0, 0.05) is 12.1 Å². The van der Waals surface area contributed by atoms with Crippen molar-refractivity contribution in [2.75, 3.05) is 0 Å². The predicted molar refractivity (Wildman–Crippen MR) is 78.8 cm³/mol. The standard InChI is InChI=1S/C16H26N2O3/c1-9-2-6-12(7-3-9)17-16(21)18-14-11-5-4-10(8-11)13(14)15(19)20/h9-14H,2-8H2,1H3,(H,19,20)(H2,17,18,21). The van der Waals surface area contributed by atoms with Crippen LogP contribution >= 0.6 is 0 Å². The Morgan fingerprint density at radius 1 is 0.952 bits per heavy atom. The van der Waals surface area contributed by atoms with Crippen molar-refractivity contribution >= 4 is 12.0 Å². The van der Waals surface area contributed by atoms with Crippen molar-refractivity contribution in [3.05, 3.63) is 0 Å². The third-order valence-electron chi connectivity index (χ3n) is 5.85. The average Bonchev–Trinajstić information content (AvgIpc) is 3.02. The summed E-state index contributed by atoms with van der Waals surface area (Å²) in [6.07, 6.45) is 7.42. The molecule has 2 bridgehead atoms. The zero-order chi connectivity index (χ0) is 15.0. The first-order valence-corrected chi connectivity index (χ1v) is 8.34. The second kappa shape index (κ2) is 5.85. The number of nitrogens with one attached hydrogen (secondary N) is 2. The van der Waals surface area contributed by atoms with Crippen LogP contribution in [0.4, 0.5) is 4.79 Å². The molecule has 3 aliphatic carbocycles. The summed E-state index contributed by atoms with van der Waals surface area (Å²) in [5, 5.41) is 15.4. The van der Waals surface area contributed by atoms with E-state index in [9.17, 15) is 14.7 Å². The number of aliphatic carboxylic acids is 1. The Hall–Kier alpha value is -1.26. The van der Waals surface area contributed by atoms with E-state index in [4.69, 9.17) is 0 Å². The van der Waals surface area contributed by atoms with Crippen LogP contribution in [0.1, 0.15) is 51.9 Å². The summed E-state index contributed by atoms with van der Waals surface area (Å²) >= 11 is 0. The summed E-state index contributed by atoms with van der Waals surface area (Å²) in [6, 6.07) is -0.0924. The first-order chi connectivity index (χ1) is 10.0. The number of carbonyl (C=O) groups excluding carboxylic acids is 1. The number of urea groups is 1. The summed E-state index contributed by atoms with van der Waals surface area (Å²) in [5.74, 6) is 0.231. The van der Waals surface area contributed by atoms with Gasteiger partial charge in [-0.1, -0.05) is 6.92 Å². The van der Waals surface area contributed by atoms with Crippen molar-refractivity contribution < 1.29 is 14.7 Å². The number of hydrogen-bond donors (Lipinski definition) is 3.